The van der Waals surface area contributed by atoms with Crippen LogP contribution in [0.1, 0.15) is 32.6 Å². The van der Waals surface area contributed by atoms with E-state index in [1.807, 2.05) is 6.92 Å². The van der Waals surface area contributed by atoms with Crippen LogP contribution in [0.3, 0.4) is 0 Å². The molecule has 23 heavy (non-hydrogen) atoms. The van der Waals surface area contributed by atoms with Crippen molar-refractivity contribution in [1.82, 2.24) is 14.9 Å². The molecule has 1 aliphatic carbocycles. The Bertz CT molecular complexity index is 524. The number of sulfonamides is 1. The van der Waals surface area contributed by atoms with E-state index in [0.29, 0.717) is 35.6 Å². The van der Waals surface area contributed by atoms with Crippen molar-refractivity contribution in [1.29, 1.82) is 0 Å². The van der Waals surface area contributed by atoms with Crippen LogP contribution in [0.5, 0.6) is 0 Å². The average Bonchev–Trinajstić information content (AvgIpc) is 3.28. The maximum absolute atomic E-state index is 12.5. The Morgan fingerprint density at radius 2 is 1.83 bits per heavy atom. The SMILES string of the molecule is CCNC(=NCC1CC1)NC1CCN(S(=O)(=O)C(F)(F)F)CC1. The number of alkyl halides is 3. The predicted molar refractivity (Wildman–Crippen MR) is 81.4 cm³/mol. The number of halogens is 3. The number of nitrogens with one attached hydrogen (secondary N) is 2. The van der Waals surface area contributed by atoms with Gasteiger partial charge in [-0.25, -0.2) is 8.42 Å². The van der Waals surface area contributed by atoms with Gasteiger partial charge in [-0.1, -0.05) is 0 Å². The minimum atomic E-state index is -5.23. The van der Waals surface area contributed by atoms with E-state index in [1.165, 1.54) is 12.8 Å². The van der Waals surface area contributed by atoms with Gasteiger partial charge in [0.15, 0.2) is 5.96 Å². The van der Waals surface area contributed by atoms with Gasteiger partial charge in [-0.2, -0.15) is 17.5 Å². The molecule has 6 nitrogen and oxygen atoms in total. The van der Waals surface area contributed by atoms with Gasteiger partial charge in [-0.15, -0.1) is 0 Å². The molecule has 1 saturated heterocycles. The van der Waals surface area contributed by atoms with Crippen molar-refractivity contribution in [2.24, 2.45) is 10.9 Å². The number of hydrogen-bond acceptors (Lipinski definition) is 3. The lowest BCUT2D eigenvalue weighted by Crippen LogP contribution is -2.51. The molecule has 0 aromatic rings. The quantitative estimate of drug-likeness (QED) is 0.575. The standard InChI is InChI=1S/C13H23F3N4O2S/c1-2-17-12(18-9-10-3-4-10)19-11-5-7-20(8-6-11)23(21,22)13(14,15)16/h10-11H,2-9H2,1H3,(H2,17,18,19). The zero-order valence-electron chi connectivity index (χ0n) is 13.1. The van der Waals surface area contributed by atoms with E-state index in [9.17, 15) is 21.6 Å². The molecule has 2 aliphatic rings. The summed E-state index contributed by atoms with van der Waals surface area (Å²) in [5.41, 5.74) is -5.23. The Hall–Kier alpha value is -1.03. The first-order valence-electron chi connectivity index (χ1n) is 7.85. The lowest BCUT2D eigenvalue weighted by atomic mass is 10.1. The molecule has 2 N–H and O–H groups in total. The Labute approximate surface area is 134 Å². The molecular weight excluding hydrogens is 333 g/mol. The fourth-order valence-electron chi connectivity index (χ4n) is 2.42. The molecule has 134 valence electrons. The van der Waals surface area contributed by atoms with Gasteiger partial charge in [-0.05, 0) is 38.5 Å². The lowest BCUT2D eigenvalue weighted by Gasteiger charge is -2.32. The largest absolute Gasteiger partial charge is 0.511 e. The normalized spacial score (nSPS) is 22.2. The highest BCUT2D eigenvalue weighted by Gasteiger charge is 2.50. The van der Waals surface area contributed by atoms with Gasteiger partial charge in [0.05, 0.1) is 0 Å². The van der Waals surface area contributed by atoms with Crippen molar-refractivity contribution in [2.75, 3.05) is 26.2 Å². The average molecular weight is 356 g/mol. The molecule has 0 amide bonds. The maximum atomic E-state index is 12.5. The number of rotatable bonds is 5. The van der Waals surface area contributed by atoms with E-state index >= 15 is 0 Å². The topological polar surface area (TPSA) is 73.8 Å². The number of piperidine rings is 1. The molecule has 0 aromatic carbocycles. The maximum Gasteiger partial charge on any atom is 0.511 e. The smallest absolute Gasteiger partial charge is 0.357 e. The molecule has 2 rings (SSSR count). The lowest BCUT2D eigenvalue weighted by molar-refractivity contribution is -0.0494. The minimum Gasteiger partial charge on any atom is -0.357 e. The van der Waals surface area contributed by atoms with E-state index in [2.05, 4.69) is 15.6 Å². The second-order valence-corrected chi connectivity index (χ2v) is 7.86. The van der Waals surface area contributed by atoms with Crippen LogP contribution >= 0.6 is 0 Å². The van der Waals surface area contributed by atoms with Gasteiger partial charge in [0.25, 0.3) is 0 Å². The molecule has 0 atom stereocenters. The van der Waals surface area contributed by atoms with Crippen LogP contribution in [0, 0.1) is 5.92 Å². The predicted octanol–water partition coefficient (Wildman–Crippen LogP) is 1.27. The molecule has 2 fully saturated rings. The summed E-state index contributed by atoms with van der Waals surface area (Å²) in [6, 6.07) is -0.0771. The van der Waals surface area contributed by atoms with Gasteiger partial charge < -0.3 is 10.6 Å². The highest BCUT2D eigenvalue weighted by molar-refractivity contribution is 7.90. The number of guanidine groups is 1. The molecule has 0 aromatic heterocycles. The van der Waals surface area contributed by atoms with Crippen LogP contribution in [0.25, 0.3) is 0 Å². The third-order valence-electron chi connectivity index (χ3n) is 3.98. The summed E-state index contributed by atoms with van der Waals surface area (Å²) >= 11 is 0. The van der Waals surface area contributed by atoms with E-state index in [4.69, 9.17) is 0 Å². The van der Waals surface area contributed by atoms with Crippen LogP contribution < -0.4 is 10.6 Å². The summed E-state index contributed by atoms with van der Waals surface area (Å²) in [6.45, 7) is 3.10. The summed E-state index contributed by atoms with van der Waals surface area (Å²) in [5.74, 6) is 1.29. The second-order valence-electron chi connectivity index (χ2n) is 5.93. The molecule has 1 heterocycles. The summed E-state index contributed by atoms with van der Waals surface area (Å²) in [7, 11) is -5.22. The van der Waals surface area contributed by atoms with Crippen LogP contribution in [0.15, 0.2) is 4.99 Å². The molecule has 0 unspecified atom stereocenters. The molecule has 0 radical (unpaired) electrons. The van der Waals surface area contributed by atoms with E-state index in [0.717, 1.165) is 6.54 Å². The second kappa shape index (κ2) is 7.25. The van der Waals surface area contributed by atoms with Gasteiger partial charge in [-0.3, -0.25) is 4.99 Å². The molecule has 0 spiro atoms. The van der Waals surface area contributed by atoms with Gasteiger partial charge >= 0.3 is 15.5 Å². The Kier molecular flexibility index (Phi) is 5.77. The zero-order valence-corrected chi connectivity index (χ0v) is 13.9. The van der Waals surface area contributed by atoms with E-state index < -0.39 is 15.5 Å². The number of aliphatic imine (C=N–C) groups is 1. The van der Waals surface area contributed by atoms with Crippen molar-refractivity contribution in [3.63, 3.8) is 0 Å². The van der Waals surface area contributed by atoms with Crippen LogP contribution in [0.4, 0.5) is 13.2 Å². The van der Waals surface area contributed by atoms with Crippen LogP contribution in [-0.4, -0.2) is 56.4 Å². The highest BCUT2D eigenvalue weighted by atomic mass is 32.2. The first-order valence-corrected chi connectivity index (χ1v) is 9.29. The summed E-state index contributed by atoms with van der Waals surface area (Å²) in [4.78, 5) is 4.46. The monoisotopic (exact) mass is 356 g/mol. The third kappa shape index (κ3) is 4.97. The molecular formula is C13H23F3N4O2S. The Morgan fingerprint density at radius 1 is 1.22 bits per heavy atom. The molecule has 0 bridgehead atoms. The van der Waals surface area contributed by atoms with Crippen LogP contribution in [-0.2, 0) is 10.0 Å². The Balaban J connectivity index is 1.86. The number of hydrogen-bond donors (Lipinski definition) is 2. The highest BCUT2D eigenvalue weighted by Crippen LogP contribution is 2.29. The molecule has 1 saturated carbocycles. The Morgan fingerprint density at radius 3 is 2.30 bits per heavy atom. The van der Waals surface area contributed by atoms with Gasteiger partial charge in [0.2, 0.25) is 0 Å². The van der Waals surface area contributed by atoms with Gasteiger partial charge in [0.1, 0.15) is 0 Å². The molecule has 1 aliphatic heterocycles. The number of nitrogens with zero attached hydrogens (tertiary/aromatic N) is 2. The van der Waals surface area contributed by atoms with Crippen molar-refractivity contribution in [2.45, 2.75) is 44.2 Å². The van der Waals surface area contributed by atoms with Crippen molar-refractivity contribution < 1.29 is 21.6 Å². The van der Waals surface area contributed by atoms with Gasteiger partial charge in [0, 0.05) is 32.2 Å². The fraction of sp³-hybridized carbons (Fsp3) is 0.923. The van der Waals surface area contributed by atoms with Crippen molar-refractivity contribution >= 4 is 16.0 Å². The van der Waals surface area contributed by atoms with Crippen LogP contribution in [0.2, 0.25) is 0 Å². The summed E-state index contributed by atoms with van der Waals surface area (Å²) in [6.07, 6.45) is 3.03. The van der Waals surface area contributed by atoms with E-state index in [1.54, 1.807) is 0 Å². The fourth-order valence-corrected chi connectivity index (χ4v) is 3.41. The molecule has 10 heteroatoms. The summed E-state index contributed by atoms with van der Waals surface area (Å²) < 4.78 is 60.8. The first kappa shape index (κ1) is 18.3. The zero-order chi connectivity index (χ0) is 17.1. The minimum absolute atomic E-state index is 0.0771. The first-order chi connectivity index (χ1) is 10.7. The van der Waals surface area contributed by atoms with E-state index in [-0.39, 0.29) is 19.1 Å². The third-order valence-corrected chi connectivity index (χ3v) is 5.61. The van der Waals surface area contributed by atoms with Crippen molar-refractivity contribution in [3.8, 4) is 0 Å². The van der Waals surface area contributed by atoms with Crippen molar-refractivity contribution in [3.05, 3.63) is 0 Å². The summed E-state index contributed by atoms with van der Waals surface area (Å²) in [5, 5.41) is 6.29.